The summed E-state index contributed by atoms with van der Waals surface area (Å²) < 4.78 is 0. The molecule has 100 valence electrons. The largest absolute Gasteiger partial charge is 0.504 e. The summed E-state index contributed by atoms with van der Waals surface area (Å²) >= 11 is 3.42. The van der Waals surface area contributed by atoms with Gasteiger partial charge in [0.25, 0.3) is 5.91 Å². The summed E-state index contributed by atoms with van der Waals surface area (Å²) in [6.07, 6.45) is 1.62. The summed E-state index contributed by atoms with van der Waals surface area (Å²) in [6.45, 7) is 4.03. The van der Waals surface area contributed by atoms with Crippen LogP contribution in [0, 0.1) is 0 Å². The average molecular weight is 316 g/mol. The predicted octanol–water partition coefficient (Wildman–Crippen LogP) is 2.78. The van der Waals surface area contributed by atoms with Crippen molar-refractivity contribution in [2.24, 2.45) is 0 Å². The maximum atomic E-state index is 12.1. The summed E-state index contributed by atoms with van der Waals surface area (Å²) in [5, 5.41) is 22.2. The highest BCUT2D eigenvalue weighted by Crippen LogP contribution is 2.25. The van der Waals surface area contributed by atoms with Crippen LogP contribution in [0.4, 0.5) is 0 Å². The molecule has 1 amide bonds. The molecular weight excluding hydrogens is 298 g/mol. The lowest BCUT2D eigenvalue weighted by Crippen LogP contribution is -2.49. The fourth-order valence-electron chi connectivity index (χ4n) is 1.63. The van der Waals surface area contributed by atoms with E-state index in [0.29, 0.717) is 10.9 Å². The number of nitrogens with one attached hydrogen (secondary N) is 1. The second-order valence-corrected chi connectivity index (χ2v) is 4.84. The molecule has 3 N–H and O–H groups in total. The number of phenolic OH excluding ortho intramolecular Hbond substituents is 2. The second kappa shape index (κ2) is 6.09. The minimum Gasteiger partial charge on any atom is -0.504 e. The van der Waals surface area contributed by atoms with Gasteiger partial charge in [0.1, 0.15) is 0 Å². The summed E-state index contributed by atoms with van der Waals surface area (Å²) in [4.78, 5) is 12.1. The predicted molar refractivity (Wildman–Crippen MR) is 74.3 cm³/mol. The van der Waals surface area contributed by atoms with Crippen LogP contribution in [0.25, 0.3) is 0 Å². The van der Waals surface area contributed by atoms with E-state index in [2.05, 4.69) is 21.2 Å². The van der Waals surface area contributed by atoms with Gasteiger partial charge >= 0.3 is 0 Å². The molecule has 0 atom stereocenters. The highest BCUT2D eigenvalue weighted by Gasteiger charge is 2.27. The van der Waals surface area contributed by atoms with Crippen LogP contribution in [0.5, 0.6) is 11.5 Å². The van der Waals surface area contributed by atoms with E-state index in [1.807, 2.05) is 13.8 Å². The minimum absolute atomic E-state index is 0.232. The Morgan fingerprint density at radius 2 is 1.89 bits per heavy atom. The molecule has 0 heterocycles. The zero-order valence-corrected chi connectivity index (χ0v) is 12.1. The number of amides is 1. The number of phenols is 2. The van der Waals surface area contributed by atoms with E-state index in [-0.39, 0.29) is 22.9 Å². The standard InChI is InChI=1S/C13H18BrNO3/c1-3-13(4-2,8-14)15-12(18)9-5-6-10(16)11(17)7-9/h5-7,16-17H,3-4,8H2,1-2H3,(H,15,18). The van der Waals surface area contributed by atoms with Crippen LogP contribution < -0.4 is 5.32 Å². The number of carbonyl (C=O) groups excluding carboxylic acids is 1. The van der Waals surface area contributed by atoms with Gasteiger partial charge in [-0.1, -0.05) is 29.8 Å². The van der Waals surface area contributed by atoms with Crippen molar-refractivity contribution in [3.8, 4) is 11.5 Å². The Labute approximate surface area is 115 Å². The third-order valence-electron chi connectivity index (χ3n) is 3.23. The highest BCUT2D eigenvalue weighted by atomic mass is 79.9. The van der Waals surface area contributed by atoms with E-state index in [1.54, 1.807) is 0 Å². The van der Waals surface area contributed by atoms with Crippen LogP contribution in [-0.2, 0) is 0 Å². The van der Waals surface area contributed by atoms with Gasteiger partial charge in [-0.05, 0) is 31.0 Å². The smallest absolute Gasteiger partial charge is 0.251 e. The number of halogens is 1. The van der Waals surface area contributed by atoms with E-state index in [9.17, 15) is 15.0 Å². The number of hydrogen-bond acceptors (Lipinski definition) is 3. The molecule has 0 saturated heterocycles. The molecule has 0 aromatic heterocycles. The monoisotopic (exact) mass is 315 g/mol. The van der Waals surface area contributed by atoms with Crippen molar-refractivity contribution >= 4 is 21.8 Å². The van der Waals surface area contributed by atoms with Gasteiger partial charge in [-0.3, -0.25) is 4.79 Å². The number of rotatable bonds is 5. The molecule has 0 saturated carbocycles. The maximum Gasteiger partial charge on any atom is 0.251 e. The Morgan fingerprint density at radius 3 is 2.33 bits per heavy atom. The second-order valence-electron chi connectivity index (χ2n) is 4.28. The van der Waals surface area contributed by atoms with E-state index in [4.69, 9.17) is 0 Å². The van der Waals surface area contributed by atoms with Crippen LogP contribution in [0.3, 0.4) is 0 Å². The normalized spacial score (nSPS) is 11.3. The zero-order chi connectivity index (χ0) is 13.8. The van der Waals surface area contributed by atoms with E-state index >= 15 is 0 Å². The summed E-state index contributed by atoms with van der Waals surface area (Å²) in [6, 6.07) is 4.04. The molecule has 0 fully saturated rings. The van der Waals surface area contributed by atoms with Crippen LogP contribution in [0.2, 0.25) is 0 Å². The van der Waals surface area contributed by atoms with Gasteiger partial charge < -0.3 is 15.5 Å². The Kier molecular flexibility index (Phi) is 5.02. The molecule has 0 radical (unpaired) electrons. The third kappa shape index (κ3) is 3.16. The van der Waals surface area contributed by atoms with Gasteiger partial charge in [0, 0.05) is 16.4 Å². The number of alkyl halides is 1. The Morgan fingerprint density at radius 1 is 1.28 bits per heavy atom. The molecule has 0 aliphatic carbocycles. The number of hydrogen-bond donors (Lipinski definition) is 3. The molecule has 1 aromatic rings. The molecule has 0 bridgehead atoms. The van der Waals surface area contributed by atoms with E-state index < -0.39 is 0 Å². The Balaban J connectivity index is 2.90. The van der Waals surface area contributed by atoms with Gasteiger partial charge in [-0.15, -0.1) is 0 Å². The van der Waals surface area contributed by atoms with Crippen molar-refractivity contribution in [2.75, 3.05) is 5.33 Å². The molecule has 5 heteroatoms. The number of carbonyl (C=O) groups is 1. The molecule has 0 aliphatic heterocycles. The van der Waals surface area contributed by atoms with Crippen molar-refractivity contribution in [3.63, 3.8) is 0 Å². The van der Waals surface area contributed by atoms with Crippen molar-refractivity contribution in [2.45, 2.75) is 32.2 Å². The lowest BCUT2D eigenvalue weighted by atomic mass is 9.95. The lowest BCUT2D eigenvalue weighted by molar-refractivity contribution is 0.0903. The summed E-state index contributed by atoms with van der Waals surface area (Å²) in [7, 11) is 0. The first-order valence-corrected chi connectivity index (χ1v) is 7.00. The molecule has 0 spiro atoms. The first-order valence-electron chi connectivity index (χ1n) is 5.88. The van der Waals surface area contributed by atoms with Crippen molar-refractivity contribution < 1.29 is 15.0 Å². The molecule has 1 aromatic carbocycles. The average Bonchev–Trinajstić information content (AvgIpc) is 2.39. The Bertz CT molecular complexity index is 422. The van der Waals surface area contributed by atoms with Crippen LogP contribution in [0.1, 0.15) is 37.0 Å². The summed E-state index contributed by atoms with van der Waals surface area (Å²) in [5.41, 5.74) is 0.0439. The first-order chi connectivity index (χ1) is 8.48. The molecule has 1 rings (SSSR count). The van der Waals surface area contributed by atoms with Gasteiger partial charge in [0.15, 0.2) is 11.5 Å². The fourth-order valence-corrected chi connectivity index (χ4v) is 2.56. The molecule has 18 heavy (non-hydrogen) atoms. The van der Waals surface area contributed by atoms with Gasteiger partial charge in [-0.2, -0.15) is 0 Å². The number of benzene rings is 1. The van der Waals surface area contributed by atoms with Crippen molar-refractivity contribution in [1.82, 2.24) is 5.32 Å². The minimum atomic E-state index is -0.292. The fraction of sp³-hybridized carbons (Fsp3) is 0.462. The SMILES string of the molecule is CCC(CC)(CBr)NC(=O)c1ccc(O)c(O)c1. The van der Waals surface area contributed by atoms with Gasteiger partial charge in [0.05, 0.1) is 0 Å². The van der Waals surface area contributed by atoms with E-state index in [0.717, 1.165) is 12.8 Å². The number of aromatic hydroxyl groups is 2. The van der Waals surface area contributed by atoms with Crippen molar-refractivity contribution in [3.05, 3.63) is 23.8 Å². The highest BCUT2D eigenvalue weighted by molar-refractivity contribution is 9.09. The summed E-state index contributed by atoms with van der Waals surface area (Å²) in [5.74, 6) is -0.780. The topological polar surface area (TPSA) is 69.6 Å². The molecule has 0 unspecified atom stereocenters. The molecule has 0 aliphatic rings. The molecular formula is C13H18BrNO3. The van der Waals surface area contributed by atoms with Crippen LogP contribution >= 0.6 is 15.9 Å². The van der Waals surface area contributed by atoms with Crippen LogP contribution in [-0.4, -0.2) is 27.0 Å². The molecule has 4 nitrogen and oxygen atoms in total. The van der Waals surface area contributed by atoms with Gasteiger partial charge in [-0.25, -0.2) is 0 Å². The quantitative estimate of drug-likeness (QED) is 0.578. The Hall–Kier alpha value is -1.23. The van der Waals surface area contributed by atoms with Crippen LogP contribution in [0.15, 0.2) is 18.2 Å². The third-order valence-corrected chi connectivity index (χ3v) is 4.30. The lowest BCUT2D eigenvalue weighted by Gasteiger charge is -2.30. The zero-order valence-electron chi connectivity index (χ0n) is 10.5. The van der Waals surface area contributed by atoms with Crippen molar-refractivity contribution in [1.29, 1.82) is 0 Å². The first kappa shape index (κ1) is 14.8. The van der Waals surface area contributed by atoms with Gasteiger partial charge in [0.2, 0.25) is 0 Å². The maximum absolute atomic E-state index is 12.1. The van der Waals surface area contributed by atoms with E-state index in [1.165, 1.54) is 18.2 Å².